The van der Waals surface area contributed by atoms with E-state index < -0.39 is 0 Å². The van der Waals surface area contributed by atoms with E-state index >= 15 is 0 Å². The summed E-state index contributed by atoms with van der Waals surface area (Å²) in [4.78, 5) is 11.3. The van der Waals surface area contributed by atoms with Gasteiger partial charge in [0.05, 0.1) is 0 Å². The van der Waals surface area contributed by atoms with Gasteiger partial charge in [-0.3, -0.25) is 9.88 Å². The quantitative estimate of drug-likeness (QED) is 0.799. The first-order valence-corrected chi connectivity index (χ1v) is 8.55. The van der Waals surface area contributed by atoms with Crippen LogP contribution in [0.5, 0.6) is 0 Å². The van der Waals surface area contributed by atoms with E-state index in [1.54, 1.807) is 0 Å². The normalized spacial score (nSPS) is 15.9. The molecular weight excluding hydrogens is 296 g/mol. The molecule has 0 fully saturated rings. The molecule has 0 saturated heterocycles. The van der Waals surface area contributed by atoms with E-state index in [9.17, 15) is 0 Å². The van der Waals surface area contributed by atoms with Crippen LogP contribution in [0.4, 0.5) is 5.82 Å². The monoisotopic (exact) mass is 318 g/mol. The number of hydrogen-bond donors (Lipinski definition) is 1. The van der Waals surface area contributed by atoms with Crippen molar-refractivity contribution in [1.29, 1.82) is 0 Å². The lowest BCUT2D eigenvalue weighted by molar-refractivity contribution is 0.198. The van der Waals surface area contributed by atoms with E-state index in [2.05, 4.69) is 51.4 Å². The molecular formula is C20H22N4. The minimum Gasteiger partial charge on any atom is -0.368 e. The zero-order valence-electron chi connectivity index (χ0n) is 13.9. The molecule has 0 bridgehead atoms. The van der Waals surface area contributed by atoms with Crippen LogP contribution in [-0.4, -0.2) is 34.0 Å². The largest absolute Gasteiger partial charge is 0.368 e. The van der Waals surface area contributed by atoms with Crippen molar-refractivity contribution in [2.45, 2.75) is 25.9 Å². The van der Waals surface area contributed by atoms with Crippen molar-refractivity contribution in [3.05, 3.63) is 66.1 Å². The second kappa shape index (κ2) is 6.57. The SMILES string of the molecule is CC(CNc1nccc2ccncc12)N1CCc2ccccc2C1. The summed E-state index contributed by atoms with van der Waals surface area (Å²) in [5.41, 5.74) is 2.96. The fraction of sp³-hybridized carbons (Fsp3) is 0.300. The van der Waals surface area contributed by atoms with Crippen molar-refractivity contribution in [3.63, 3.8) is 0 Å². The molecule has 0 amide bonds. The van der Waals surface area contributed by atoms with Crippen molar-refractivity contribution < 1.29 is 0 Å². The van der Waals surface area contributed by atoms with Crippen LogP contribution in [0.2, 0.25) is 0 Å². The molecule has 3 heterocycles. The van der Waals surface area contributed by atoms with Crippen LogP contribution in [0, 0.1) is 0 Å². The van der Waals surface area contributed by atoms with Gasteiger partial charge >= 0.3 is 0 Å². The van der Waals surface area contributed by atoms with Gasteiger partial charge in [-0.05, 0) is 42.0 Å². The molecule has 122 valence electrons. The molecule has 1 aliphatic heterocycles. The lowest BCUT2D eigenvalue weighted by Gasteiger charge is -2.34. The van der Waals surface area contributed by atoms with Crippen LogP contribution in [-0.2, 0) is 13.0 Å². The third-order valence-corrected chi connectivity index (χ3v) is 4.92. The van der Waals surface area contributed by atoms with Gasteiger partial charge in [-0.15, -0.1) is 0 Å². The summed E-state index contributed by atoms with van der Waals surface area (Å²) >= 11 is 0. The van der Waals surface area contributed by atoms with Crippen LogP contribution < -0.4 is 5.32 Å². The Morgan fingerprint density at radius 3 is 2.88 bits per heavy atom. The van der Waals surface area contributed by atoms with Gasteiger partial charge in [0.1, 0.15) is 5.82 Å². The summed E-state index contributed by atoms with van der Waals surface area (Å²) < 4.78 is 0. The van der Waals surface area contributed by atoms with Gasteiger partial charge < -0.3 is 5.32 Å². The highest BCUT2D eigenvalue weighted by Crippen LogP contribution is 2.22. The highest BCUT2D eigenvalue weighted by atomic mass is 15.2. The molecule has 4 heteroatoms. The van der Waals surface area contributed by atoms with E-state index in [-0.39, 0.29) is 0 Å². The van der Waals surface area contributed by atoms with Crippen LogP contribution in [0.25, 0.3) is 10.8 Å². The zero-order valence-corrected chi connectivity index (χ0v) is 13.9. The molecule has 1 N–H and O–H groups in total. The van der Waals surface area contributed by atoms with E-state index in [1.807, 2.05) is 30.7 Å². The van der Waals surface area contributed by atoms with Gasteiger partial charge in [-0.25, -0.2) is 4.98 Å². The summed E-state index contributed by atoms with van der Waals surface area (Å²) in [5.74, 6) is 0.921. The number of aromatic nitrogens is 2. The maximum Gasteiger partial charge on any atom is 0.135 e. The second-order valence-corrected chi connectivity index (χ2v) is 6.48. The van der Waals surface area contributed by atoms with E-state index in [1.165, 1.54) is 16.5 Å². The summed E-state index contributed by atoms with van der Waals surface area (Å²) in [6, 6.07) is 13.3. The van der Waals surface area contributed by atoms with Gasteiger partial charge in [0.2, 0.25) is 0 Å². The average molecular weight is 318 g/mol. The third kappa shape index (κ3) is 2.97. The molecule has 0 spiro atoms. The number of nitrogens with one attached hydrogen (secondary N) is 1. The zero-order chi connectivity index (χ0) is 16.4. The number of rotatable bonds is 4. The van der Waals surface area contributed by atoms with Crippen LogP contribution in [0.15, 0.2) is 55.0 Å². The Hall–Kier alpha value is -2.46. The number of pyridine rings is 2. The highest BCUT2D eigenvalue weighted by Gasteiger charge is 2.20. The molecule has 3 aromatic rings. The van der Waals surface area contributed by atoms with Crippen LogP contribution in [0.1, 0.15) is 18.1 Å². The smallest absolute Gasteiger partial charge is 0.135 e. The Bertz CT molecular complexity index is 840. The maximum atomic E-state index is 4.49. The average Bonchev–Trinajstić information content (AvgIpc) is 2.65. The summed E-state index contributed by atoms with van der Waals surface area (Å²) in [6.07, 6.45) is 6.69. The van der Waals surface area contributed by atoms with Crippen molar-refractivity contribution >= 4 is 16.6 Å². The molecule has 0 radical (unpaired) electrons. The first-order chi connectivity index (χ1) is 11.8. The number of benzene rings is 1. The second-order valence-electron chi connectivity index (χ2n) is 6.48. The number of anilines is 1. The lowest BCUT2D eigenvalue weighted by Crippen LogP contribution is -2.41. The number of nitrogens with zero attached hydrogens (tertiary/aromatic N) is 3. The van der Waals surface area contributed by atoms with E-state index in [4.69, 9.17) is 0 Å². The molecule has 1 unspecified atom stereocenters. The molecule has 0 saturated carbocycles. The molecule has 1 atom stereocenters. The van der Waals surface area contributed by atoms with Crippen molar-refractivity contribution in [2.75, 3.05) is 18.4 Å². The highest BCUT2D eigenvalue weighted by molar-refractivity contribution is 5.90. The Morgan fingerprint density at radius 1 is 1.12 bits per heavy atom. The van der Waals surface area contributed by atoms with Crippen molar-refractivity contribution in [3.8, 4) is 0 Å². The predicted molar refractivity (Wildman–Crippen MR) is 98.0 cm³/mol. The van der Waals surface area contributed by atoms with Crippen LogP contribution >= 0.6 is 0 Å². The molecule has 1 aliphatic rings. The number of hydrogen-bond acceptors (Lipinski definition) is 4. The summed E-state index contributed by atoms with van der Waals surface area (Å²) in [5, 5.41) is 5.76. The standard InChI is InChI=1S/C20H22N4/c1-15(24-11-8-16-4-2-3-5-18(16)14-24)12-23-20-19-13-21-9-6-17(19)7-10-22-20/h2-7,9-10,13,15H,8,11-12,14H2,1H3,(H,22,23). The molecule has 4 nitrogen and oxygen atoms in total. The third-order valence-electron chi connectivity index (χ3n) is 4.92. The first-order valence-electron chi connectivity index (χ1n) is 8.55. The topological polar surface area (TPSA) is 41.1 Å². The Balaban J connectivity index is 1.44. The van der Waals surface area contributed by atoms with Crippen molar-refractivity contribution in [2.24, 2.45) is 0 Å². The minimum absolute atomic E-state index is 0.451. The molecule has 24 heavy (non-hydrogen) atoms. The Kier molecular flexibility index (Phi) is 4.13. The molecule has 4 rings (SSSR count). The Morgan fingerprint density at radius 2 is 1.96 bits per heavy atom. The summed E-state index contributed by atoms with van der Waals surface area (Å²) in [7, 11) is 0. The van der Waals surface area contributed by atoms with Gasteiger partial charge in [-0.1, -0.05) is 24.3 Å². The minimum atomic E-state index is 0.451. The fourth-order valence-corrected chi connectivity index (χ4v) is 3.42. The van der Waals surface area contributed by atoms with Gasteiger partial charge in [0.25, 0.3) is 0 Å². The maximum absolute atomic E-state index is 4.49. The number of fused-ring (bicyclic) bond motifs is 2. The van der Waals surface area contributed by atoms with Crippen LogP contribution in [0.3, 0.4) is 0 Å². The molecule has 0 aliphatic carbocycles. The molecule has 2 aromatic heterocycles. The van der Waals surface area contributed by atoms with Gasteiger partial charge in [0, 0.05) is 49.7 Å². The van der Waals surface area contributed by atoms with E-state index in [0.717, 1.165) is 37.3 Å². The van der Waals surface area contributed by atoms with Gasteiger partial charge in [0.15, 0.2) is 0 Å². The van der Waals surface area contributed by atoms with Gasteiger partial charge in [-0.2, -0.15) is 0 Å². The fourth-order valence-electron chi connectivity index (χ4n) is 3.42. The first kappa shape index (κ1) is 15.1. The lowest BCUT2D eigenvalue weighted by atomic mass is 9.99. The summed E-state index contributed by atoms with van der Waals surface area (Å²) in [6.45, 7) is 5.31. The predicted octanol–water partition coefficient (Wildman–Crippen LogP) is 3.49. The Labute approximate surface area is 142 Å². The van der Waals surface area contributed by atoms with E-state index in [0.29, 0.717) is 6.04 Å². The molecule has 1 aromatic carbocycles. The van der Waals surface area contributed by atoms with Crippen molar-refractivity contribution in [1.82, 2.24) is 14.9 Å².